The van der Waals surface area contributed by atoms with Crippen LogP contribution in [0.5, 0.6) is 0 Å². The van der Waals surface area contributed by atoms with Gasteiger partial charge < -0.3 is 5.32 Å². The molecule has 0 aliphatic heterocycles. The average molecular weight is 315 g/mol. The van der Waals surface area contributed by atoms with E-state index in [0.29, 0.717) is 11.1 Å². The lowest BCUT2D eigenvalue weighted by Crippen LogP contribution is -2.11. The number of hydrogen-bond acceptors (Lipinski definition) is 2. The summed E-state index contributed by atoms with van der Waals surface area (Å²) in [6.07, 6.45) is 0. The van der Waals surface area contributed by atoms with Crippen LogP contribution in [0.2, 0.25) is 0 Å². The lowest BCUT2D eigenvalue weighted by molar-refractivity contribution is 0.101. The van der Waals surface area contributed by atoms with Crippen LogP contribution in [0, 0.1) is 0 Å². The quantitative estimate of drug-likeness (QED) is 0.702. The Morgan fingerprint density at radius 2 is 1.29 bits per heavy atom. The van der Waals surface area contributed by atoms with Crippen molar-refractivity contribution in [3.63, 3.8) is 0 Å². The molecule has 3 aromatic rings. The summed E-state index contributed by atoms with van der Waals surface area (Å²) in [5.74, 6) is -0.138. The van der Waals surface area contributed by atoms with Gasteiger partial charge in [0, 0.05) is 16.8 Å². The predicted molar refractivity (Wildman–Crippen MR) is 96.3 cm³/mol. The van der Waals surface area contributed by atoms with Crippen molar-refractivity contribution in [2.45, 2.75) is 6.92 Å². The Morgan fingerprint density at radius 1 is 0.708 bits per heavy atom. The molecule has 0 bridgehead atoms. The molecule has 0 radical (unpaired) electrons. The van der Waals surface area contributed by atoms with E-state index >= 15 is 0 Å². The molecule has 0 heterocycles. The van der Waals surface area contributed by atoms with Crippen LogP contribution in [0.25, 0.3) is 11.1 Å². The number of ketones is 1. The van der Waals surface area contributed by atoms with E-state index in [1.807, 2.05) is 66.7 Å². The van der Waals surface area contributed by atoms with Crippen molar-refractivity contribution in [2.24, 2.45) is 0 Å². The third kappa shape index (κ3) is 3.58. The maximum absolute atomic E-state index is 12.4. The van der Waals surface area contributed by atoms with Crippen LogP contribution in [-0.4, -0.2) is 11.7 Å². The zero-order valence-corrected chi connectivity index (χ0v) is 13.3. The third-order valence-corrected chi connectivity index (χ3v) is 3.76. The molecule has 0 aliphatic carbocycles. The number of rotatable bonds is 4. The molecule has 0 atom stereocenters. The molecule has 1 amide bonds. The Kier molecular flexibility index (Phi) is 4.52. The molecule has 0 aliphatic rings. The number of hydrogen-bond donors (Lipinski definition) is 1. The van der Waals surface area contributed by atoms with Gasteiger partial charge in [-0.2, -0.15) is 0 Å². The van der Waals surface area contributed by atoms with Crippen LogP contribution in [0.4, 0.5) is 5.69 Å². The summed E-state index contributed by atoms with van der Waals surface area (Å²) in [5, 5.41) is 2.87. The minimum Gasteiger partial charge on any atom is -0.322 e. The minimum atomic E-state index is -0.161. The number of anilines is 1. The first-order valence-electron chi connectivity index (χ1n) is 7.71. The first-order chi connectivity index (χ1) is 11.6. The van der Waals surface area contributed by atoms with Crippen molar-refractivity contribution in [3.05, 3.63) is 90.0 Å². The molecular weight excluding hydrogens is 298 g/mol. The number of amides is 1. The fourth-order valence-electron chi connectivity index (χ4n) is 2.48. The largest absolute Gasteiger partial charge is 0.322 e. The van der Waals surface area contributed by atoms with E-state index in [1.165, 1.54) is 0 Å². The highest BCUT2D eigenvalue weighted by atomic mass is 16.1. The zero-order chi connectivity index (χ0) is 16.9. The number of Topliss-reactive ketones (excluding diaryl/α,β-unsaturated/α-hetero) is 1. The molecule has 3 aromatic carbocycles. The summed E-state index contributed by atoms with van der Waals surface area (Å²) in [6.45, 7) is 1.54. The predicted octanol–water partition coefficient (Wildman–Crippen LogP) is 4.81. The van der Waals surface area contributed by atoms with Gasteiger partial charge in [-0.3, -0.25) is 9.59 Å². The van der Waals surface area contributed by atoms with Gasteiger partial charge in [0.15, 0.2) is 5.78 Å². The summed E-state index contributed by atoms with van der Waals surface area (Å²) in [7, 11) is 0. The van der Waals surface area contributed by atoms with Crippen molar-refractivity contribution in [3.8, 4) is 11.1 Å². The van der Waals surface area contributed by atoms with Crippen molar-refractivity contribution in [2.75, 3.05) is 5.32 Å². The number of carbonyl (C=O) groups excluding carboxylic acids is 2. The van der Waals surface area contributed by atoms with Gasteiger partial charge in [0.05, 0.1) is 0 Å². The smallest absolute Gasteiger partial charge is 0.255 e. The van der Waals surface area contributed by atoms with Crippen LogP contribution in [0.1, 0.15) is 27.6 Å². The minimum absolute atomic E-state index is 0.0230. The Labute approximate surface area is 141 Å². The maximum atomic E-state index is 12.4. The molecular formula is C21H17NO2. The Bertz CT molecular complexity index is 885. The molecule has 3 nitrogen and oxygen atoms in total. The molecule has 0 spiro atoms. The van der Waals surface area contributed by atoms with E-state index < -0.39 is 0 Å². The van der Waals surface area contributed by atoms with Gasteiger partial charge in [0.1, 0.15) is 0 Å². The molecule has 118 valence electrons. The van der Waals surface area contributed by atoms with Crippen LogP contribution < -0.4 is 5.32 Å². The molecule has 0 saturated heterocycles. The second-order valence-corrected chi connectivity index (χ2v) is 5.54. The van der Waals surface area contributed by atoms with Gasteiger partial charge in [-0.25, -0.2) is 0 Å². The summed E-state index contributed by atoms with van der Waals surface area (Å²) in [6, 6.07) is 24.1. The summed E-state index contributed by atoms with van der Waals surface area (Å²) < 4.78 is 0. The van der Waals surface area contributed by atoms with Gasteiger partial charge in [-0.05, 0) is 48.4 Å². The highest BCUT2D eigenvalue weighted by molar-refractivity contribution is 6.05. The topological polar surface area (TPSA) is 46.2 Å². The Balaban J connectivity index is 1.88. The van der Waals surface area contributed by atoms with Gasteiger partial charge in [0.2, 0.25) is 0 Å². The average Bonchev–Trinajstić information content (AvgIpc) is 2.63. The van der Waals surface area contributed by atoms with Crippen molar-refractivity contribution < 1.29 is 9.59 Å². The Morgan fingerprint density at radius 3 is 1.92 bits per heavy atom. The standard InChI is InChI=1S/C21H17NO2/c1-15(23)16-7-5-8-17(13-16)18-9-6-10-19(14-18)21(24)22-20-11-3-2-4-12-20/h2-14H,1H3,(H,22,24). The van der Waals surface area contributed by atoms with E-state index in [9.17, 15) is 9.59 Å². The second-order valence-electron chi connectivity index (χ2n) is 5.54. The second kappa shape index (κ2) is 6.92. The summed E-state index contributed by atoms with van der Waals surface area (Å²) in [5.41, 5.74) is 3.80. The summed E-state index contributed by atoms with van der Waals surface area (Å²) >= 11 is 0. The number of carbonyl (C=O) groups is 2. The molecule has 0 saturated carbocycles. The van der Waals surface area contributed by atoms with E-state index in [0.717, 1.165) is 16.8 Å². The normalized spacial score (nSPS) is 10.2. The molecule has 1 N–H and O–H groups in total. The lowest BCUT2D eigenvalue weighted by atomic mass is 10.00. The zero-order valence-electron chi connectivity index (χ0n) is 13.3. The van der Waals surface area contributed by atoms with Crippen molar-refractivity contribution >= 4 is 17.4 Å². The molecule has 3 rings (SSSR count). The molecule has 0 aromatic heterocycles. The van der Waals surface area contributed by atoms with Crippen LogP contribution in [0.15, 0.2) is 78.9 Å². The van der Waals surface area contributed by atoms with Gasteiger partial charge >= 0.3 is 0 Å². The Hall–Kier alpha value is -3.20. The molecule has 0 unspecified atom stereocenters. The molecule has 24 heavy (non-hydrogen) atoms. The fraction of sp³-hybridized carbons (Fsp3) is 0.0476. The van der Waals surface area contributed by atoms with E-state index in [4.69, 9.17) is 0 Å². The first-order valence-corrected chi connectivity index (χ1v) is 7.71. The molecule has 3 heteroatoms. The first kappa shape index (κ1) is 15.7. The SMILES string of the molecule is CC(=O)c1cccc(-c2cccc(C(=O)Nc3ccccc3)c2)c1. The van der Waals surface area contributed by atoms with E-state index in [-0.39, 0.29) is 11.7 Å². The fourth-order valence-corrected chi connectivity index (χ4v) is 2.48. The molecule has 0 fully saturated rings. The maximum Gasteiger partial charge on any atom is 0.255 e. The number of benzene rings is 3. The van der Waals surface area contributed by atoms with Gasteiger partial charge in [-0.15, -0.1) is 0 Å². The van der Waals surface area contributed by atoms with Crippen LogP contribution in [-0.2, 0) is 0 Å². The van der Waals surface area contributed by atoms with Crippen molar-refractivity contribution in [1.82, 2.24) is 0 Å². The van der Waals surface area contributed by atoms with Gasteiger partial charge in [0.25, 0.3) is 5.91 Å². The van der Waals surface area contributed by atoms with E-state index in [2.05, 4.69) is 5.32 Å². The van der Waals surface area contributed by atoms with E-state index in [1.54, 1.807) is 19.1 Å². The number of nitrogens with one attached hydrogen (secondary N) is 1. The van der Waals surface area contributed by atoms with Crippen molar-refractivity contribution in [1.29, 1.82) is 0 Å². The van der Waals surface area contributed by atoms with Crippen LogP contribution in [0.3, 0.4) is 0 Å². The highest BCUT2D eigenvalue weighted by Gasteiger charge is 2.08. The monoisotopic (exact) mass is 315 g/mol. The third-order valence-electron chi connectivity index (χ3n) is 3.76. The van der Waals surface area contributed by atoms with Crippen LogP contribution >= 0.6 is 0 Å². The van der Waals surface area contributed by atoms with Gasteiger partial charge in [-0.1, -0.05) is 48.5 Å². The summed E-state index contributed by atoms with van der Waals surface area (Å²) in [4.78, 5) is 24.0. The highest BCUT2D eigenvalue weighted by Crippen LogP contribution is 2.22. The number of para-hydroxylation sites is 1. The lowest BCUT2D eigenvalue weighted by Gasteiger charge is -2.08.